The van der Waals surface area contributed by atoms with Gasteiger partial charge in [-0.2, -0.15) is 0 Å². The standard InChI is InChI=1S/C21H21F2N5O2/c1-27(19-11-15(7-9-17(19)23)28-12-24-25-26-28)18-10-8-16(21(29)30-2)20(18)13-3-5-14(22)6-4-13/h3-7,9,11-12,16,18,20H,8,10H2,1-2H3/t16-,18-,20+/m0/s1. The van der Waals surface area contributed by atoms with Crippen molar-refractivity contribution in [2.24, 2.45) is 5.92 Å². The van der Waals surface area contributed by atoms with Gasteiger partial charge in [0.1, 0.15) is 18.0 Å². The Balaban J connectivity index is 1.71. The maximum atomic E-state index is 14.8. The topological polar surface area (TPSA) is 73.1 Å². The van der Waals surface area contributed by atoms with E-state index in [1.54, 1.807) is 31.3 Å². The number of halogens is 2. The first kappa shape index (κ1) is 19.9. The highest BCUT2D eigenvalue weighted by Gasteiger charge is 2.44. The molecule has 3 aromatic rings. The van der Waals surface area contributed by atoms with E-state index in [9.17, 15) is 13.6 Å². The number of benzene rings is 2. The van der Waals surface area contributed by atoms with E-state index in [4.69, 9.17) is 4.74 Å². The van der Waals surface area contributed by atoms with E-state index in [0.717, 1.165) is 5.56 Å². The van der Waals surface area contributed by atoms with Gasteiger partial charge in [-0.3, -0.25) is 4.79 Å². The summed E-state index contributed by atoms with van der Waals surface area (Å²) < 4.78 is 34.7. The summed E-state index contributed by atoms with van der Waals surface area (Å²) in [5.41, 5.74) is 1.80. The number of tetrazole rings is 1. The molecule has 2 aromatic carbocycles. The Bertz CT molecular complexity index is 1030. The quantitative estimate of drug-likeness (QED) is 0.599. The summed E-state index contributed by atoms with van der Waals surface area (Å²) in [5.74, 6) is -1.72. The van der Waals surface area contributed by atoms with Gasteiger partial charge >= 0.3 is 5.97 Å². The smallest absolute Gasteiger partial charge is 0.309 e. The molecule has 9 heteroatoms. The van der Waals surface area contributed by atoms with Crippen molar-refractivity contribution in [2.75, 3.05) is 19.1 Å². The molecule has 4 rings (SSSR count). The second-order valence-corrected chi connectivity index (χ2v) is 7.35. The molecule has 0 bridgehead atoms. The number of likely N-dealkylation sites (N-methyl/N-ethyl adjacent to an activating group) is 1. The van der Waals surface area contributed by atoms with Crippen molar-refractivity contribution >= 4 is 11.7 Å². The predicted molar refractivity (Wildman–Crippen MR) is 105 cm³/mol. The normalized spacial score (nSPS) is 20.9. The average molecular weight is 413 g/mol. The van der Waals surface area contributed by atoms with Crippen LogP contribution < -0.4 is 4.90 Å². The number of hydrogen-bond acceptors (Lipinski definition) is 6. The zero-order chi connectivity index (χ0) is 21.3. The molecule has 0 amide bonds. The molecule has 1 aliphatic rings. The molecule has 1 heterocycles. The van der Waals surface area contributed by atoms with Crippen LogP contribution in [0.2, 0.25) is 0 Å². The third-order valence-electron chi connectivity index (χ3n) is 5.80. The molecule has 0 radical (unpaired) electrons. The number of esters is 1. The van der Waals surface area contributed by atoms with E-state index < -0.39 is 11.7 Å². The number of carbonyl (C=O) groups excluding carboxylic acids is 1. The summed E-state index contributed by atoms with van der Waals surface area (Å²) in [6, 6.07) is 10.5. The largest absolute Gasteiger partial charge is 0.469 e. The first-order chi connectivity index (χ1) is 14.5. The molecule has 0 unspecified atom stereocenters. The first-order valence-electron chi connectivity index (χ1n) is 9.58. The lowest BCUT2D eigenvalue weighted by molar-refractivity contribution is -0.145. The van der Waals surface area contributed by atoms with Crippen molar-refractivity contribution in [3.63, 3.8) is 0 Å². The van der Waals surface area contributed by atoms with Gasteiger partial charge in [0.2, 0.25) is 0 Å². The van der Waals surface area contributed by atoms with Crippen molar-refractivity contribution in [2.45, 2.75) is 24.8 Å². The van der Waals surface area contributed by atoms with Crippen LogP contribution in [0.3, 0.4) is 0 Å². The van der Waals surface area contributed by atoms with E-state index in [1.807, 2.05) is 4.90 Å². The number of rotatable bonds is 5. The van der Waals surface area contributed by atoms with Crippen LogP contribution in [0.5, 0.6) is 0 Å². The maximum absolute atomic E-state index is 14.8. The third-order valence-corrected chi connectivity index (χ3v) is 5.80. The minimum Gasteiger partial charge on any atom is -0.469 e. The summed E-state index contributed by atoms with van der Waals surface area (Å²) in [5, 5.41) is 11.1. The number of anilines is 1. The highest BCUT2D eigenvalue weighted by atomic mass is 19.1. The first-order valence-corrected chi connectivity index (χ1v) is 9.58. The summed E-state index contributed by atoms with van der Waals surface area (Å²) in [4.78, 5) is 14.3. The van der Waals surface area contributed by atoms with Gasteiger partial charge in [0.25, 0.3) is 0 Å². The molecule has 156 valence electrons. The van der Waals surface area contributed by atoms with Crippen LogP contribution in [0.25, 0.3) is 5.69 Å². The second kappa shape index (κ2) is 8.17. The summed E-state index contributed by atoms with van der Waals surface area (Å²) in [6.45, 7) is 0. The van der Waals surface area contributed by atoms with E-state index in [-0.39, 0.29) is 23.7 Å². The van der Waals surface area contributed by atoms with E-state index in [1.165, 1.54) is 36.3 Å². The van der Waals surface area contributed by atoms with Crippen LogP contribution in [0.4, 0.5) is 14.5 Å². The van der Waals surface area contributed by atoms with Crippen molar-refractivity contribution in [1.29, 1.82) is 0 Å². The van der Waals surface area contributed by atoms with Crippen LogP contribution in [0.15, 0.2) is 48.8 Å². The molecule has 1 saturated carbocycles. The molecule has 1 aromatic heterocycles. The van der Waals surface area contributed by atoms with Gasteiger partial charge < -0.3 is 9.64 Å². The number of ether oxygens (including phenoxy) is 1. The fourth-order valence-corrected chi connectivity index (χ4v) is 4.34. The second-order valence-electron chi connectivity index (χ2n) is 7.35. The van der Waals surface area contributed by atoms with Crippen LogP contribution >= 0.6 is 0 Å². The Morgan fingerprint density at radius 1 is 1.17 bits per heavy atom. The lowest BCUT2D eigenvalue weighted by Gasteiger charge is -2.33. The van der Waals surface area contributed by atoms with E-state index in [0.29, 0.717) is 24.2 Å². The Morgan fingerprint density at radius 3 is 2.60 bits per heavy atom. The fraction of sp³-hybridized carbons (Fsp3) is 0.333. The molecular weight excluding hydrogens is 392 g/mol. The molecular formula is C21H21F2N5O2. The highest BCUT2D eigenvalue weighted by Crippen LogP contribution is 2.44. The molecule has 0 saturated heterocycles. The van der Waals surface area contributed by atoms with Crippen molar-refractivity contribution < 1.29 is 18.3 Å². The molecule has 0 N–H and O–H groups in total. The van der Waals surface area contributed by atoms with Gasteiger partial charge in [-0.15, -0.1) is 5.10 Å². The summed E-state index contributed by atoms with van der Waals surface area (Å²) in [7, 11) is 3.15. The van der Waals surface area contributed by atoms with Crippen LogP contribution in [0, 0.1) is 17.6 Å². The molecule has 7 nitrogen and oxygen atoms in total. The Labute approximate surface area is 172 Å². The van der Waals surface area contributed by atoms with Gasteiger partial charge in [0, 0.05) is 19.0 Å². The number of carbonyl (C=O) groups is 1. The molecule has 1 aliphatic carbocycles. The Hall–Kier alpha value is -3.36. The summed E-state index contributed by atoms with van der Waals surface area (Å²) in [6.07, 6.45) is 2.69. The minimum atomic E-state index is -0.395. The maximum Gasteiger partial charge on any atom is 0.309 e. The van der Waals surface area contributed by atoms with Crippen LogP contribution in [-0.4, -0.2) is 46.4 Å². The van der Waals surface area contributed by atoms with Gasteiger partial charge in [-0.1, -0.05) is 12.1 Å². The highest BCUT2D eigenvalue weighted by molar-refractivity contribution is 5.74. The third kappa shape index (κ3) is 3.62. The van der Waals surface area contributed by atoms with Gasteiger partial charge in [0.15, 0.2) is 0 Å². The van der Waals surface area contributed by atoms with Crippen LogP contribution in [-0.2, 0) is 9.53 Å². The van der Waals surface area contributed by atoms with Gasteiger partial charge in [-0.05, 0) is 59.2 Å². The molecule has 0 spiro atoms. The zero-order valence-corrected chi connectivity index (χ0v) is 16.6. The number of methoxy groups -OCH3 is 1. The summed E-state index contributed by atoms with van der Waals surface area (Å²) >= 11 is 0. The molecule has 0 aliphatic heterocycles. The van der Waals surface area contributed by atoms with Gasteiger partial charge in [-0.25, -0.2) is 13.5 Å². The molecule has 3 atom stereocenters. The fourth-order valence-electron chi connectivity index (χ4n) is 4.34. The monoisotopic (exact) mass is 413 g/mol. The molecule has 1 fully saturated rings. The minimum absolute atomic E-state index is 0.182. The average Bonchev–Trinajstić information content (AvgIpc) is 3.44. The van der Waals surface area contributed by atoms with E-state index >= 15 is 0 Å². The predicted octanol–water partition coefficient (Wildman–Crippen LogP) is 3.11. The Kier molecular flexibility index (Phi) is 5.43. The van der Waals surface area contributed by atoms with Crippen LogP contribution in [0.1, 0.15) is 24.3 Å². The lowest BCUT2D eigenvalue weighted by atomic mass is 9.86. The van der Waals surface area contributed by atoms with Crippen molar-refractivity contribution in [3.05, 3.63) is 66.0 Å². The van der Waals surface area contributed by atoms with Crippen molar-refractivity contribution in [1.82, 2.24) is 20.2 Å². The number of hydrogen-bond donors (Lipinski definition) is 0. The van der Waals surface area contributed by atoms with Gasteiger partial charge in [0.05, 0.1) is 24.4 Å². The lowest BCUT2D eigenvalue weighted by Crippen LogP contribution is -2.37. The number of nitrogens with zero attached hydrogens (tertiary/aromatic N) is 5. The SMILES string of the molecule is COC(=O)[C@H]1CC[C@H](N(C)c2cc(-n3cnnn3)ccc2F)[C@@H]1c1ccc(F)cc1. The molecule has 30 heavy (non-hydrogen) atoms. The number of aromatic nitrogens is 4. The Morgan fingerprint density at radius 2 is 1.93 bits per heavy atom. The zero-order valence-electron chi connectivity index (χ0n) is 16.6. The van der Waals surface area contributed by atoms with E-state index in [2.05, 4.69) is 15.5 Å². The van der Waals surface area contributed by atoms with Crippen molar-refractivity contribution in [3.8, 4) is 5.69 Å².